The highest BCUT2D eigenvalue weighted by Gasteiger charge is 2.22. The molecule has 1 aromatic rings. The first kappa shape index (κ1) is 8.44. The van der Waals surface area contributed by atoms with E-state index in [9.17, 15) is 9.90 Å². The number of rotatable bonds is 0. The summed E-state index contributed by atoms with van der Waals surface area (Å²) in [4.78, 5) is 12.2. The average molecular weight is 195 g/mol. The highest BCUT2D eigenvalue weighted by Crippen LogP contribution is 2.37. The monoisotopic (exact) mass is 195 g/mol. The Morgan fingerprint density at radius 1 is 1.54 bits per heavy atom. The first-order valence-corrected chi connectivity index (χ1v) is 4.85. The summed E-state index contributed by atoms with van der Waals surface area (Å²) in [5.74, 6) is 0.248. The Labute approximate surface area is 80.1 Å². The van der Waals surface area contributed by atoms with Gasteiger partial charge in [0.05, 0.1) is 10.9 Å². The number of thioether (sulfide) groups is 1. The van der Waals surface area contributed by atoms with Crippen LogP contribution < -0.4 is 5.32 Å². The molecule has 0 spiro atoms. The predicted molar refractivity (Wildman–Crippen MR) is 52.1 cm³/mol. The lowest BCUT2D eigenvalue weighted by Crippen LogP contribution is -2.26. The molecule has 0 aromatic heterocycles. The van der Waals surface area contributed by atoms with Gasteiger partial charge in [0.25, 0.3) is 0 Å². The second-order valence-corrected chi connectivity index (χ2v) is 4.31. The van der Waals surface area contributed by atoms with Crippen molar-refractivity contribution in [1.29, 1.82) is 0 Å². The van der Waals surface area contributed by atoms with Gasteiger partial charge < -0.3 is 10.4 Å². The van der Waals surface area contributed by atoms with Crippen LogP contribution >= 0.6 is 11.8 Å². The molecule has 1 amide bonds. The molecule has 1 unspecified atom stereocenters. The third-order valence-electron chi connectivity index (χ3n) is 1.90. The van der Waals surface area contributed by atoms with Crippen molar-refractivity contribution in [3.8, 4) is 5.75 Å². The molecule has 1 aromatic carbocycles. The molecule has 0 fully saturated rings. The molecule has 1 heterocycles. The summed E-state index contributed by atoms with van der Waals surface area (Å²) in [6, 6.07) is 4.94. The third kappa shape index (κ3) is 1.49. The number of amides is 1. The molecule has 0 saturated heterocycles. The molecule has 2 rings (SSSR count). The Morgan fingerprint density at radius 3 is 3.08 bits per heavy atom. The molecule has 68 valence electrons. The molecule has 1 atom stereocenters. The van der Waals surface area contributed by atoms with Gasteiger partial charge in [-0.2, -0.15) is 0 Å². The minimum Gasteiger partial charge on any atom is -0.508 e. The number of hydrogen-bond acceptors (Lipinski definition) is 3. The fraction of sp³-hybridized carbons (Fsp3) is 0.222. The van der Waals surface area contributed by atoms with E-state index in [4.69, 9.17) is 0 Å². The normalized spacial score (nSPS) is 20.7. The Hall–Kier alpha value is -1.16. The molecule has 1 aliphatic heterocycles. The van der Waals surface area contributed by atoms with Crippen molar-refractivity contribution < 1.29 is 9.90 Å². The van der Waals surface area contributed by atoms with Gasteiger partial charge in [-0.3, -0.25) is 4.79 Å². The van der Waals surface area contributed by atoms with E-state index in [1.807, 2.05) is 6.92 Å². The summed E-state index contributed by atoms with van der Waals surface area (Å²) >= 11 is 1.46. The molecule has 3 nitrogen and oxygen atoms in total. The molecular formula is C9H9NO2S. The van der Waals surface area contributed by atoms with E-state index in [2.05, 4.69) is 5.32 Å². The number of anilines is 1. The predicted octanol–water partition coefficient (Wildman–Crippen LogP) is 1.82. The second kappa shape index (κ2) is 2.96. The van der Waals surface area contributed by atoms with Crippen LogP contribution in [0.5, 0.6) is 5.75 Å². The number of aromatic hydroxyl groups is 1. The quantitative estimate of drug-likeness (QED) is 0.621. The highest BCUT2D eigenvalue weighted by atomic mass is 32.2. The van der Waals surface area contributed by atoms with Gasteiger partial charge in [-0.1, -0.05) is 0 Å². The number of phenols is 1. The number of fused-ring (bicyclic) bond motifs is 1. The topological polar surface area (TPSA) is 49.3 Å². The lowest BCUT2D eigenvalue weighted by molar-refractivity contribution is -0.115. The average Bonchev–Trinajstić information content (AvgIpc) is 2.08. The van der Waals surface area contributed by atoms with Gasteiger partial charge in [0.15, 0.2) is 0 Å². The Bertz CT molecular complexity index is 365. The van der Waals surface area contributed by atoms with Crippen LogP contribution in [0, 0.1) is 0 Å². The van der Waals surface area contributed by atoms with Crippen LogP contribution in [0.15, 0.2) is 23.1 Å². The zero-order valence-corrected chi connectivity index (χ0v) is 7.89. The Balaban J connectivity index is 2.42. The van der Waals surface area contributed by atoms with Gasteiger partial charge >= 0.3 is 0 Å². The first-order chi connectivity index (χ1) is 6.16. The maximum atomic E-state index is 11.2. The van der Waals surface area contributed by atoms with Crippen LogP contribution in [0.25, 0.3) is 0 Å². The van der Waals surface area contributed by atoms with Gasteiger partial charge in [0.2, 0.25) is 5.91 Å². The lowest BCUT2D eigenvalue weighted by atomic mass is 10.3. The van der Waals surface area contributed by atoms with E-state index < -0.39 is 0 Å². The van der Waals surface area contributed by atoms with Crippen molar-refractivity contribution >= 4 is 23.4 Å². The van der Waals surface area contributed by atoms with Crippen LogP contribution in [0.4, 0.5) is 5.69 Å². The van der Waals surface area contributed by atoms with Crippen LogP contribution in [-0.4, -0.2) is 16.3 Å². The number of nitrogens with one attached hydrogen (secondary N) is 1. The van der Waals surface area contributed by atoms with E-state index in [0.717, 1.165) is 10.6 Å². The molecule has 0 bridgehead atoms. The zero-order chi connectivity index (χ0) is 9.42. The number of carbonyl (C=O) groups excluding carboxylic acids is 1. The number of phenolic OH excluding ortho intramolecular Hbond substituents is 1. The summed E-state index contributed by atoms with van der Waals surface area (Å²) in [5, 5.41) is 11.9. The SMILES string of the molecule is CC1Sc2cc(O)ccc2NC1=O. The Kier molecular flexibility index (Phi) is 1.92. The summed E-state index contributed by atoms with van der Waals surface area (Å²) in [7, 11) is 0. The standard InChI is InChI=1S/C9H9NO2S/c1-5-9(12)10-7-3-2-6(11)4-8(7)13-5/h2-5,11H,1H3,(H,10,12). The fourth-order valence-corrected chi connectivity index (χ4v) is 2.17. The van der Waals surface area contributed by atoms with Gasteiger partial charge in [-0.05, 0) is 25.1 Å². The van der Waals surface area contributed by atoms with Crippen LogP contribution in [0.2, 0.25) is 0 Å². The molecule has 0 radical (unpaired) electrons. The van der Waals surface area contributed by atoms with Crippen molar-refractivity contribution in [2.75, 3.05) is 5.32 Å². The van der Waals surface area contributed by atoms with E-state index in [1.54, 1.807) is 18.2 Å². The van der Waals surface area contributed by atoms with Crippen LogP contribution in [-0.2, 0) is 4.79 Å². The largest absolute Gasteiger partial charge is 0.508 e. The van der Waals surface area contributed by atoms with Crippen LogP contribution in [0.3, 0.4) is 0 Å². The van der Waals surface area contributed by atoms with Gasteiger partial charge in [-0.25, -0.2) is 0 Å². The molecular weight excluding hydrogens is 186 g/mol. The van der Waals surface area contributed by atoms with Gasteiger partial charge in [0.1, 0.15) is 5.75 Å². The summed E-state index contributed by atoms with van der Waals surface area (Å²) in [6.45, 7) is 1.84. The lowest BCUT2D eigenvalue weighted by Gasteiger charge is -2.20. The number of benzene rings is 1. The fourth-order valence-electron chi connectivity index (χ4n) is 1.19. The summed E-state index contributed by atoms with van der Waals surface area (Å²) < 4.78 is 0. The first-order valence-electron chi connectivity index (χ1n) is 3.97. The smallest absolute Gasteiger partial charge is 0.237 e. The second-order valence-electron chi connectivity index (χ2n) is 2.93. The number of hydrogen-bond donors (Lipinski definition) is 2. The molecule has 13 heavy (non-hydrogen) atoms. The van der Waals surface area contributed by atoms with Gasteiger partial charge in [-0.15, -0.1) is 11.8 Å². The van der Waals surface area contributed by atoms with Crippen molar-refractivity contribution in [3.63, 3.8) is 0 Å². The summed E-state index contributed by atoms with van der Waals surface area (Å²) in [6.07, 6.45) is 0. The molecule has 0 aliphatic carbocycles. The van der Waals surface area contributed by atoms with Crippen molar-refractivity contribution in [2.45, 2.75) is 17.1 Å². The van der Waals surface area contributed by atoms with Crippen LogP contribution in [0.1, 0.15) is 6.92 Å². The van der Waals surface area contributed by atoms with E-state index in [0.29, 0.717) is 0 Å². The molecule has 1 aliphatic rings. The van der Waals surface area contributed by atoms with Crippen molar-refractivity contribution in [1.82, 2.24) is 0 Å². The third-order valence-corrected chi connectivity index (χ3v) is 3.06. The minimum absolute atomic E-state index is 0.0168. The number of carbonyl (C=O) groups is 1. The zero-order valence-electron chi connectivity index (χ0n) is 7.07. The van der Waals surface area contributed by atoms with E-state index in [-0.39, 0.29) is 16.9 Å². The Morgan fingerprint density at radius 2 is 2.31 bits per heavy atom. The molecule has 2 N–H and O–H groups in total. The maximum absolute atomic E-state index is 11.2. The van der Waals surface area contributed by atoms with E-state index >= 15 is 0 Å². The van der Waals surface area contributed by atoms with Gasteiger partial charge in [0, 0.05) is 4.90 Å². The molecule has 4 heteroatoms. The minimum atomic E-state index is -0.0886. The summed E-state index contributed by atoms with van der Waals surface area (Å²) in [5.41, 5.74) is 0.783. The van der Waals surface area contributed by atoms with Crippen molar-refractivity contribution in [2.24, 2.45) is 0 Å². The highest BCUT2D eigenvalue weighted by molar-refractivity contribution is 8.00. The van der Waals surface area contributed by atoms with Crippen molar-refractivity contribution in [3.05, 3.63) is 18.2 Å². The maximum Gasteiger partial charge on any atom is 0.237 e. The molecule has 0 saturated carbocycles. The van der Waals surface area contributed by atoms with E-state index in [1.165, 1.54) is 11.8 Å².